The topological polar surface area (TPSA) is 53.2 Å². The van der Waals surface area contributed by atoms with E-state index in [1.165, 1.54) is 5.56 Å². The van der Waals surface area contributed by atoms with Gasteiger partial charge in [0.15, 0.2) is 5.11 Å². The van der Waals surface area contributed by atoms with Crippen molar-refractivity contribution >= 4 is 34.6 Å². The number of rotatable bonds is 4. The lowest BCUT2D eigenvalue weighted by Crippen LogP contribution is -2.36. The molecule has 2 aromatic rings. The van der Waals surface area contributed by atoms with Crippen molar-refractivity contribution in [3.63, 3.8) is 0 Å². The van der Waals surface area contributed by atoms with Gasteiger partial charge in [-0.1, -0.05) is 30.3 Å². The van der Waals surface area contributed by atoms with Crippen molar-refractivity contribution in [1.29, 1.82) is 0 Å². The van der Waals surface area contributed by atoms with E-state index in [0.717, 1.165) is 28.1 Å². The summed E-state index contributed by atoms with van der Waals surface area (Å²) in [7, 11) is 0. The van der Waals surface area contributed by atoms with E-state index in [0.29, 0.717) is 5.11 Å². The van der Waals surface area contributed by atoms with Gasteiger partial charge in [-0.2, -0.15) is 0 Å². The molecule has 0 saturated carbocycles. The predicted molar refractivity (Wildman–Crippen MR) is 105 cm³/mol. The minimum Gasteiger partial charge on any atom is -0.353 e. The molecule has 0 heterocycles. The van der Waals surface area contributed by atoms with E-state index >= 15 is 0 Å². The summed E-state index contributed by atoms with van der Waals surface area (Å²) < 4.78 is 0. The highest BCUT2D eigenvalue weighted by atomic mass is 32.1. The largest absolute Gasteiger partial charge is 0.353 e. The zero-order chi connectivity index (χ0) is 17.7. The molecule has 0 fully saturated rings. The molecule has 0 aliphatic rings. The minimum atomic E-state index is -0.127. The Labute approximate surface area is 148 Å². The van der Waals surface area contributed by atoms with E-state index in [2.05, 4.69) is 28.9 Å². The summed E-state index contributed by atoms with van der Waals surface area (Å²) in [5, 5.41) is 9.44. The predicted octanol–water partition coefficient (Wildman–Crippen LogP) is 3.85. The molecule has 0 radical (unpaired) electrons. The quantitative estimate of drug-likeness (QED) is 0.740. The Morgan fingerprint density at radius 2 is 1.50 bits per heavy atom. The average Bonchev–Trinajstić information content (AvgIpc) is 2.53. The number of benzene rings is 2. The molecule has 126 valence electrons. The molecule has 0 spiro atoms. The molecule has 0 atom stereocenters. The highest BCUT2D eigenvalue weighted by molar-refractivity contribution is 7.80. The first kappa shape index (κ1) is 17.9. The lowest BCUT2D eigenvalue weighted by molar-refractivity contribution is -0.115. The average molecular weight is 341 g/mol. The van der Waals surface area contributed by atoms with Crippen LogP contribution in [0, 0.1) is 27.7 Å². The minimum absolute atomic E-state index is 0.116. The molecular weight excluding hydrogens is 318 g/mol. The fraction of sp³-hybridized carbons (Fsp3) is 0.263. The third-order valence-electron chi connectivity index (χ3n) is 4.01. The van der Waals surface area contributed by atoms with Gasteiger partial charge in [-0.05, 0) is 68.2 Å². The van der Waals surface area contributed by atoms with Gasteiger partial charge >= 0.3 is 0 Å². The van der Waals surface area contributed by atoms with E-state index in [4.69, 9.17) is 12.2 Å². The molecule has 0 aromatic heterocycles. The molecule has 24 heavy (non-hydrogen) atoms. The number of carbonyl (C=O) groups excluding carboxylic acids is 1. The first-order chi connectivity index (χ1) is 11.4. The number of nitrogens with one attached hydrogen (secondary N) is 3. The number of aryl methyl sites for hydroxylation is 3. The highest BCUT2D eigenvalue weighted by Crippen LogP contribution is 2.19. The Bertz CT molecular complexity index is 751. The van der Waals surface area contributed by atoms with Crippen molar-refractivity contribution in [2.24, 2.45) is 0 Å². The second kappa shape index (κ2) is 7.93. The molecule has 2 rings (SSSR count). The summed E-state index contributed by atoms with van der Waals surface area (Å²) in [5.74, 6) is -0.127. The van der Waals surface area contributed by atoms with Crippen LogP contribution < -0.4 is 16.0 Å². The third kappa shape index (κ3) is 4.55. The smallest absolute Gasteiger partial charge is 0.243 e. The van der Waals surface area contributed by atoms with Gasteiger partial charge < -0.3 is 16.0 Å². The van der Waals surface area contributed by atoms with Crippen LogP contribution in [0.25, 0.3) is 0 Å². The van der Waals surface area contributed by atoms with Crippen LogP contribution in [0.4, 0.5) is 11.4 Å². The van der Waals surface area contributed by atoms with Gasteiger partial charge in [0.2, 0.25) is 5.91 Å². The number of anilines is 2. The number of carbonyl (C=O) groups is 1. The van der Waals surface area contributed by atoms with E-state index in [1.54, 1.807) is 0 Å². The highest BCUT2D eigenvalue weighted by Gasteiger charge is 2.08. The maximum atomic E-state index is 12.1. The fourth-order valence-corrected chi connectivity index (χ4v) is 2.59. The number of hydrogen-bond acceptors (Lipinski definition) is 2. The van der Waals surface area contributed by atoms with Crippen LogP contribution >= 0.6 is 12.2 Å². The molecule has 2 aromatic carbocycles. The van der Waals surface area contributed by atoms with Crippen LogP contribution in [0.1, 0.15) is 22.3 Å². The molecule has 0 aliphatic carbocycles. The Kier molecular flexibility index (Phi) is 5.93. The summed E-state index contributed by atoms with van der Waals surface area (Å²) in [4.78, 5) is 12.1. The van der Waals surface area contributed by atoms with Gasteiger partial charge in [0, 0.05) is 11.4 Å². The zero-order valence-corrected chi connectivity index (χ0v) is 15.3. The van der Waals surface area contributed by atoms with Gasteiger partial charge in [0.05, 0.1) is 6.54 Å². The van der Waals surface area contributed by atoms with Crippen LogP contribution in [-0.4, -0.2) is 17.6 Å². The molecule has 3 N–H and O–H groups in total. The van der Waals surface area contributed by atoms with Crippen molar-refractivity contribution < 1.29 is 4.79 Å². The van der Waals surface area contributed by atoms with E-state index in [1.807, 2.05) is 51.1 Å². The van der Waals surface area contributed by atoms with E-state index < -0.39 is 0 Å². The summed E-state index contributed by atoms with van der Waals surface area (Å²) in [6, 6.07) is 11.9. The van der Waals surface area contributed by atoms with Crippen molar-refractivity contribution in [2.75, 3.05) is 17.2 Å². The molecule has 5 heteroatoms. The number of hydrogen-bond donors (Lipinski definition) is 3. The molecule has 1 amide bonds. The summed E-state index contributed by atoms with van der Waals surface area (Å²) in [6.07, 6.45) is 0. The van der Waals surface area contributed by atoms with Gasteiger partial charge in [-0.15, -0.1) is 0 Å². The third-order valence-corrected chi connectivity index (χ3v) is 4.25. The summed E-state index contributed by atoms with van der Waals surface area (Å²) >= 11 is 5.27. The molecule has 0 aliphatic heterocycles. The Morgan fingerprint density at radius 1 is 0.917 bits per heavy atom. The van der Waals surface area contributed by atoms with Crippen LogP contribution in [0.15, 0.2) is 36.4 Å². The first-order valence-corrected chi connectivity index (χ1v) is 8.26. The van der Waals surface area contributed by atoms with Gasteiger partial charge in [0.1, 0.15) is 0 Å². The Morgan fingerprint density at radius 3 is 2.17 bits per heavy atom. The Hall–Kier alpha value is -2.40. The Balaban J connectivity index is 1.90. The molecule has 0 saturated heterocycles. The van der Waals surface area contributed by atoms with Gasteiger partial charge in [-0.25, -0.2) is 0 Å². The molecule has 0 bridgehead atoms. The summed E-state index contributed by atoms with van der Waals surface area (Å²) in [5.41, 5.74) is 6.22. The van der Waals surface area contributed by atoms with E-state index in [-0.39, 0.29) is 12.5 Å². The lowest BCUT2D eigenvalue weighted by atomic mass is 10.1. The SMILES string of the molecule is Cc1cccc(NC(=S)NCC(=O)Nc2c(C)cccc2C)c1C. The maximum Gasteiger partial charge on any atom is 0.243 e. The van der Waals surface area contributed by atoms with Crippen LogP contribution in [0.3, 0.4) is 0 Å². The maximum absolute atomic E-state index is 12.1. The number of para-hydroxylation sites is 1. The van der Waals surface area contributed by atoms with Crippen LogP contribution in [0.2, 0.25) is 0 Å². The second-order valence-electron chi connectivity index (χ2n) is 5.87. The van der Waals surface area contributed by atoms with Crippen molar-refractivity contribution in [1.82, 2.24) is 5.32 Å². The fourth-order valence-electron chi connectivity index (χ4n) is 2.41. The summed E-state index contributed by atoms with van der Waals surface area (Å²) in [6.45, 7) is 8.15. The first-order valence-electron chi connectivity index (χ1n) is 7.85. The number of amides is 1. The van der Waals surface area contributed by atoms with Crippen LogP contribution in [-0.2, 0) is 4.79 Å². The van der Waals surface area contributed by atoms with Gasteiger partial charge in [0.25, 0.3) is 0 Å². The zero-order valence-electron chi connectivity index (χ0n) is 14.5. The lowest BCUT2D eigenvalue weighted by Gasteiger charge is -2.15. The molecular formula is C19H23N3OS. The van der Waals surface area contributed by atoms with Gasteiger partial charge in [-0.3, -0.25) is 4.79 Å². The second-order valence-corrected chi connectivity index (χ2v) is 6.28. The monoisotopic (exact) mass is 341 g/mol. The number of thiocarbonyl (C=S) groups is 1. The van der Waals surface area contributed by atoms with Crippen LogP contribution in [0.5, 0.6) is 0 Å². The van der Waals surface area contributed by atoms with Crippen molar-refractivity contribution in [3.05, 3.63) is 58.7 Å². The van der Waals surface area contributed by atoms with Crippen molar-refractivity contribution in [3.8, 4) is 0 Å². The molecule has 4 nitrogen and oxygen atoms in total. The standard InChI is InChI=1S/C19H23N3OS/c1-12-7-6-10-16(15(12)4)21-19(24)20-11-17(23)22-18-13(2)8-5-9-14(18)3/h5-10H,11H2,1-4H3,(H,22,23)(H2,20,21,24). The van der Waals surface area contributed by atoms with Crippen molar-refractivity contribution in [2.45, 2.75) is 27.7 Å². The van der Waals surface area contributed by atoms with E-state index in [9.17, 15) is 4.79 Å². The molecule has 0 unspecified atom stereocenters. The normalized spacial score (nSPS) is 10.2.